The molecular weight excluding hydrogens is 452 g/mol. The maximum atomic E-state index is 13.3. The summed E-state index contributed by atoms with van der Waals surface area (Å²) in [6.45, 7) is 4.02. The fourth-order valence-corrected chi connectivity index (χ4v) is 5.44. The van der Waals surface area contributed by atoms with Crippen molar-refractivity contribution in [1.82, 2.24) is 5.32 Å². The summed E-state index contributed by atoms with van der Waals surface area (Å²) >= 11 is 6.05. The summed E-state index contributed by atoms with van der Waals surface area (Å²) in [5, 5.41) is 3.48. The summed E-state index contributed by atoms with van der Waals surface area (Å²) in [6.07, 6.45) is 2.34. The average Bonchev–Trinajstić information content (AvgIpc) is 2.77. The van der Waals surface area contributed by atoms with Gasteiger partial charge in [0.15, 0.2) is 6.10 Å². The monoisotopic (exact) mass is 478 g/mol. The van der Waals surface area contributed by atoms with Crippen LogP contribution in [0.25, 0.3) is 0 Å². The van der Waals surface area contributed by atoms with Crippen molar-refractivity contribution in [3.05, 3.63) is 53.1 Å². The van der Waals surface area contributed by atoms with E-state index in [1.807, 2.05) is 24.3 Å². The molecule has 0 aliphatic carbocycles. The number of nitrogens with one attached hydrogen (secondary N) is 1. The van der Waals surface area contributed by atoms with E-state index in [1.54, 1.807) is 12.1 Å². The normalized spacial score (nSPS) is 21.6. The summed E-state index contributed by atoms with van der Waals surface area (Å²) in [5.74, 6) is 0.687. The molecule has 0 spiro atoms. The van der Waals surface area contributed by atoms with Gasteiger partial charge < -0.3 is 14.8 Å². The number of hydrogen-bond acceptors (Lipinski definition) is 5. The van der Waals surface area contributed by atoms with Gasteiger partial charge in [0.1, 0.15) is 17.1 Å². The zero-order valence-electron chi connectivity index (χ0n) is 18.3. The first-order chi connectivity index (χ1) is 15.2. The Hall–Kier alpha value is -2.45. The van der Waals surface area contributed by atoms with Gasteiger partial charge in [-0.25, -0.2) is 8.42 Å². The van der Waals surface area contributed by atoms with Crippen molar-refractivity contribution in [1.29, 1.82) is 0 Å². The average molecular weight is 479 g/mol. The van der Waals surface area contributed by atoms with Gasteiger partial charge in [-0.3, -0.25) is 9.10 Å². The molecule has 0 bridgehead atoms. The second-order valence-corrected chi connectivity index (χ2v) is 10.7. The van der Waals surface area contributed by atoms with Crippen LogP contribution in [-0.2, 0) is 14.8 Å². The first kappa shape index (κ1) is 22.7. The third-order valence-electron chi connectivity index (χ3n) is 6.29. The number of para-hydroxylation sites is 1. The van der Waals surface area contributed by atoms with Crippen LogP contribution in [0.4, 0.5) is 5.69 Å². The topological polar surface area (TPSA) is 84.9 Å². The molecule has 0 radical (unpaired) electrons. The largest absolute Gasteiger partial charge is 0.487 e. The molecule has 1 N–H and O–H groups in total. The van der Waals surface area contributed by atoms with Crippen molar-refractivity contribution in [2.75, 3.05) is 17.1 Å². The molecule has 4 rings (SSSR count). The van der Waals surface area contributed by atoms with Crippen molar-refractivity contribution >= 4 is 33.2 Å². The highest BCUT2D eigenvalue weighted by Crippen LogP contribution is 2.43. The van der Waals surface area contributed by atoms with Gasteiger partial charge >= 0.3 is 0 Å². The Kier molecular flexibility index (Phi) is 6.02. The lowest BCUT2D eigenvalue weighted by Gasteiger charge is -2.42. The molecule has 2 aliphatic heterocycles. The minimum absolute atomic E-state index is 0.129. The third kappa shape index (κ3) is 4.26. The maximum absolute atomic E-state index is 13.3. The van der Waals surface area contributed by atoms with Gasteiger partial charge in [0.2, 0.25) is 10.0 Å². The van der Waals surface area contributed by atoms with E-state index >= 15 is 0 Å². The van der Waals surface area contributed by atoms with Gasteiger partial charge in [0.05, 0.1) is 24.5 Å². The molecule has 172 valence electrons. The lowest BCUT2D eigenvalue weighted by atomic mass is 9.83. The van der Waals surface area contributed by atoms with Crippen molar-refractivity contribution < 1.29 is 22.7 Å². The predicted molar refractivity (Wildman–Crippen MR) is 124 cm³/mol. The van der Waals surface area contributed by atoms with Crippen molar-refractivity contribution in [3.63, 3.8) is 0 Å². The Balaban J connectivity index is 1.62. The van der Waals surface area contributed by atoms with Crippen molar-refractivity contribution in [2.45, 2.75) is 50.9 Å². The molecule has 7 nitrogen and oxygen atoms in total. The summed E-state index contributed by atoms with van der Waals surface area (Å²) in [6, 6.07) is 12.1. The molecule has 32 heavy (non-hydrogen) atoms. The number of carbonyl (C=O) groups is 1. The standard InChI is InChI=1S/C23H27ClN2O5S/c1-4-23(5-2)13-17(16-8-6-7-9-19(16)31-23)25-22(27)21-14-26(32(3,28)29)18-12-15(24)10-11-20(18)30-21/h6-12,17,21H,4-5,13-14H2,1-3H3,(H,25,27). The minimum atomic E-state index is -3.64. The lowest BCUT2D eigenvalue weighted by Crippen LogP contribution is -2.52. The highest BCUT2D eigenvalue weighted by atomic mass is 35.5. The molecule has 2 atom stereocenters. The van der Waals surface area contributed by atoms with Gasteiger partial charge in [-0.15, -0.1) is 0 Å². The molecular formula is C23H27ClN2O5S. The Labute approximate surface area is 193 Å². The predicted octanol–water partition coefficient (Wildman–Crippen LogP) is 4.07. The smallest absolute Gasteiger partial charge is 0.263 e. The first-order valence-electron chi connectivity index (χ1n) is 10.7. The van der Waals surface area contributed by atoms with E-state index in [9.17, 15) is 13.2 Å². The second-order valence-electron chi connectivity index (χ2n) is 8.31. The van der Waals surface area contributed by atoms with Crippen LogP contribution in [-0.4, -0.2) is 38.8 Å². The van der Waals surface area contributed by atoms with E-state index in [2.05, 4.69) is 19.2 Å². The lowest BCUT2D eigenvalue weighted by molar-refractivity contribution is -0.129. The molecule has 0 fully saturated rings. The van der Waals surface area contributed by atoms with Gasteiger partial charge in [-0.1, -0.05) is 43.6 Å². The number of rotatable bonds is 5. The fraction of sp³-hybridized carbons (Fsp3) is 0.435. The first-order valence-corrected chi connectivity index (χ1v) is 12.9. The van der Waals surface area contributed by atoms with Crippen LogP contribution >= 0.6 is 11.6 Å². The Morgan fingerprint density at radius 3 is 2.59 bits per heavy atom. The van der Waals surface area contributed by atoms with Crippen LogP contribution in [0.3, 0.4) is 0 Å². The zero-order chi connectivity index (χ0) is 23.1. The van der Waals surface area contributed by atoms with Crippen molar-refractivity contribution in [3.8, 4) is 11.5 Å². The molecule has 2 aromatic carbocycles. The number of benzene rings is 2. The summed E-state index contributed by atoms with van der Waals surface area (Å²) in [5.41, 5.74) is 0.861. The molecule has 1 amide bonds. The molecule has 0 aromatic heterocycles. The number of amides is 1. The Bertz CT molecular complexity index is 1130. The van der Waals surface area contributed by atoms with E-state index in [-0.39, 0.29) is 24.1 Å². The highest BCUT2D eigenvalue weighted by Gasteiger charge is 2.41. The molecule has 2 unspecified atom stereocenters. The SMILES string of the molecule is CCC1(CC)CC(NC(=O)C2CN(S(C)(=O)=O)c3cc(Cl)ccc3O2)c2ccccc2O1. The molecule has 0 saturated heterocycles. The summed E-state index contributed by atoms with van der Waals surface area (Å²) in [7, 11) is -3.64. The summed E-state index contributed by atoms with van der Waals surface area (Å²) < 4.78 is 38.2. The van der Waals surface area contributed by atoms with E-state index in [1.165, 1.54) is 10.4 Å². The van der Waals surface area contributed by atoms with Crippen molar-refractivity contribution in [2.24, 2.45) is 0 Å². The maximum Gasteiger partial charge on any atom is 0.263 e. The molecule has 2 aromatic rings. The number of nitrogens with zero attached hydrogens (tertiary/aromatic N) is 1. The van der Waals surface area contributed by atoms with E-state index in [4.69, 9.17) is 21.1 Å². The van der Waals surface area contributed by atoms with E-state index < -0.39 is 16.1 Å². The Morgan fingerprint density at radius 2 is 1.91 bits per heavy atom. The van der Waals surface area contributed by atoms with E-state index in [0.29, 0.717) is 22.9 Å². The second kappa shape index (κ2) is 8.48. The number of ether oxygens (including phenoxy) is 2. The highest BCUT2D eigenvalue weighted by molar-refractivity contribution is 7.92. The quantitative estimate of drug-likeness (QED) is 0.700. The van der Waals surface area contributed by atoms with Gasteiger partial charge in [-0.2, -0.15) is 0 Å². The van der Waals surface area contributed by atoms with Crippen LogP contribution < -0.4 is 19.1 Å². The third-order valence-corrected chi connectivity index (χ3v) is 7.67. The number of sulfonamides is 1. The van der Waals surface area contributed by atoms with Crippen LogP contribution in [0.15, 0.2) is 42.5 Å². The minimum Gasteiger partial charge on any atom is -0.487 e. The van der Waals surface area contributed by atoms with Gasteiger partial charge in [-0.05, 0) is 37.1 Å². The fourth-order valence-electron chi connectivity index (χ4n) is 4.37. The summed E-state index contributed by atoms with van der Waals surface area (Å²) in [4.78, 5) is 13.3. The number of carbonyl (C=O) groups excluding carboxylic acids is 1. The zero-order valence-corrected chi connectivity index (χ0v) is 19.9. The van der Waals surface area contributed by atoms with Gasteiger partial charge in [0, 0.05) is 17.0 Å². The van der Waals surface area contributed by atoms with Crippen LogP contribution in [0.2, 0.25) is 5.02 Å². The Morgan fingerprint density at radius 1 is 1.19 bits per heavy atom. The van der Waals surface area contributed by atoms with Gasteiger partial charge in [0.25, 0.3) is 5.91 Å². The molecule has 9 heteroatoms. The number of fused-ring (bicyclic) bond motifs is 2. The number of hydrogen-bond donors (Lipinski definition) is 1. The molecule has 2 aliphatic rings. The van der Waals surface area contributed by atoms with Crippen LogP contribution in [0, 0.1) is 0 Å². The number of anilines is 1. The number of halogens is 1. The molecule has 2 heterocycles. The van der Waals surface area contributed by atoms with E-state index in [0.717, 1.165) is 30.4 Å². The molecule has 0 saturated carbocycles. The van der Waals surface area contributed by atoms with Crippen LogP contribution in [0.5, 0.6) is 11.5 Å². The van der Waals surface area contributed by atoms with Crippen LogP contribution in [0.1, 0.15) is 44.7 Å².